The minimum absolute atomic E-state index is 0.212. The molecule has 4 nitrogen and oxygen atoms in total. The van der Waals surface area contributed by atoms with Crippen LogP contribution in [0.15, 0.2) is 48.5 Å². The fourth-order valence-corrected chi connectivity index (χ4v) is 1.93. The third-order valence-electron chi connectivity index (χ3n) is 3.24. The Morgan fingerprint density at radius 3 is 2.12 bits per heavy atom. The Balaban J connectivity index is 1.87. The van der Waals surface area contributed by atoms with Gasteiger partial charge in [0.05, 0.1) is 6.61 Å². The van der Waals surface area contributed by atoms with Gasteiger partial charge in [-0.15, -0.1) is 0 Å². The molecule has 0 saturated carbocycles. The SMILES string of the molecule is CCCCCOC(=O)Oc1ccc(C#Cc2ccc(O)cc2)cc1. The molecule has 2 rings (SSSR count). The van der Waals surface area contributed by atoms with Gasteiger partial charge in [0.2, 0.25) is 0 Å². The van der Waals surface area contributed by atoms with E-state index < -0.39 is 6.16 Å². The fraction of sp³-hybridized carbons (Fsp3) is 0.250. The summed E-state index contributed by atoms with van der Waals surface area (Å²) in [5.74, 6) is 6.63. The van der Waals surface area contributed by atoms with Crippen LogP contribution in [0.2, 0.25) is 0 Å². The van der Waals surface area contributed by atoms with Crippen LogP contribution in [0.25, 0.3) is 0 Å². The second kappa shape index (κ2) is 9.26. The molecule has 0 aromatic heterocycles. The van der Waals surface area contributed by atoms with Crippen molar-refractivity contribution in [3.05, 3.63) is 59.7 Å². The molecule has 0 aliphatic carbocycles. The lowest BCUT2D eigenvalue weighted by Crippen LogP contribution is -2.11. The van der Waals surface area contributed by atoms with Crippen molar-refractivity contribution < 1.29 is 19.4 Å². The number of phenols is 1. The number of benzene rings is 2. The van der Waals surface area contributed by atoms with E-state index in [4.69, 9.17) is 9.47 Å². The lowest BCUT2D eigenvalue weighted by Gasteiger charge is -2.05. The van der Waals surface area contributed by atoms with Gasteiger partial charge < -0.3 is 14.6 Å². The van der Waals surface area contributed by atoms with E-state index >= 15 is 0 Å². The number of hydrogen-bond donors (Lipinski definition) is 1. The van der Waals surface area contributed by atoms with Crippen LogP contribution in [0.1, 0.15) is 37.3 Å². The Kier molecular flexibility index (Phi) is 6.73. The van der Waals surface area contributed by atoms with Crippen LogP contribution >= 0.6 is 0 Å². The highest BCUT2D eigenvalue weighted by atomic mass is 16.7. The van der Waals surface area contributed by atoms with E-state index in [-0.39, 0.29) is 5.75 Å². The maximum atomic E-state index is 11.5. The largest absolute Gasteiger partial charge is 0.513 e. The Morgan fingerprint density at radius 1 is 0.958 bits per heavy atom. The van der Waals surface area contributed by atoms with E-state index in [2.05, 4.69) is 18.8 Å². The van der Waals surface area contributed by atoms with Crippen molar-refractivity contribution in [3.8, 4) is 23.3 Å². The second-order valence-corrected chi connectivity index (χ2v) is 5.23. The quantitative estimate of drug-likeness (QED) is 0.381. The normalized spacial score (nSPS) is 9.71. The number of rotatable bonds is 5. The number of carbonyl (C=O) groups excluding carboxylic acids is 1. The Bertz CT molecular complexity index is 706. The highest BCUT2D eigenvalue weighted by Crippen LogP contribution is 2.13. The van der Waals surface area contributed by atoms with Crippen molar-refractivity contribution in [1.29, 1.82) is 0 Å². The Hall–Kier alpha value is -2.93. The molecular weight excluding hydrogens is 304 g/mol. The summed E-state index contributed by atoms with van der Waals surface area (Å²) in [6.07, 6.45) is 2.26. The molecule has 0 atom stereocenters. The van der Waals surface area contributed by atoms with E-state index in [1.54, 1.807) is 48.5 Å². The second-order valence-electron chi connectivity index (χ2n) is 5.23. The van der Waals surface area contributed by atoms with E-state index in [0.717, 1.165) is 30.4 Å². The Morgan fingerprint density at radius 2 is 1.54 bits per heavy atom. The summed E-state index contributed by atoms with van der Waals surface area (Å²) in [7, 11) is 0. The number of unbranched alkanes of at least 4 members (excludes halogenated alkanes) is 2. The molecule has 0 unspecified atom stereocenters. The highest BCUT2D eigenvalue weighted by molar-refractivity contribution is 5.63. The molecule has 24 heavy (non-hydrogen) atoms. The van der Waals surface area contributed by atoms with Gasteiger partial charge in [-0.05, 0) is 55.0 Å². The number of carbonyl (C=O) groups is 1. The summed E-state index contributed by atoms with van der Waals surface area (Å²) in [6.45, 7) is 2.47. The molecule has 4 heteroatoms. The van der Waals surface area contributed by atoms with Gasteiger partial charge in [0.1, 0.15) is 11.5 Å². The molecule has 1 N–H and O–H groups in total. The zero-order valence-electron chi connectivity index (χ0n) is 13.6. The van der Waals surface area contributed by atoms with E-state index in [1.165, 1.54) is 0 Å². The van der Waals surface area contributed by atoms with Crippen molar-refractivity contribution in [2.24, 2.45) is 0 Å². The lowest BCUT2D eigenvalue weighted by atomic mass is 10.2. The monoisotopic (exact) mass is 324 g/mol. The number of hydrogen-bond acceptors (Lipinski definition) is 4. The van der Waals surface area contributed by atoms with Crippen LogP contribution in [-0.2, 0) is 4.74 Å². The molecule has 0 fully saturated rings. The summed E-state index contributed by atoms with van der Waals surface area (Å²) >= 11 is 0. The first-order valence-corrected chi connectivity index (χ1v) is 7.93. The van der Waals surface area contributed by atoms with Gasteiger partial charge in [-0.2, -0.15) is 0 Å². The molecule has 0 heterocycles. The minimum Gasteiger partial charge on any atom is -0.508 e. The van der Waals surface area contributed by atoms with Gasteiger partial charge in [0.25, 0.3) is 0 Å². The van der Waals surface area contributed by atoms with Crippen LogP contribution in [0.4, 0.5) is 4.79 Å². The summed E-state index contributed by atoms with van der Waals surface area (Å²) in [5, 5.41) is 9.23. The van der Waals surface area contributed by atoms with Crippen LogP contribution < -0.4 is 4.74 Å². The van der Waals surface area contributed by atoms with Gasteiger partial charge in [-0.3, -0.25) is 0 Å². The first-order chi connectivity index (χ1) is 11.7. The predicted molar refractivity (Wildman–Crippen MR) is 92.0 cm³/mol. The van der Waals surface area contributed by atoms with Crippen molar-refractivity contribution in [1.82, 2.24) is 0 Å². The average molecular weight is 324 g/mol. The molecule has 0 amide bonds. The van der Waals surface area contributed by atoms with Gasteiger partial charge in [-0.25, -0.2) is 4.79 Å². The molecule has 0 radical (unpaired) electrons. The molecule has 124 valence electrons. The van der Waals surface area contributed by atoms with Crippen molar-refractivity contribution in [3.63, 3.8) is 0 Å². The smallest absolute Gasteiger partial charge is 0.508 e. The van der Waals surface area contributed by atoms with Crippen molar-refractivity contribution >= 4 is 6.16 Å². The fourth-order valence-electron chi connectivity index (χ4n) is 1.93. The first-order valence-electron chi connectivity index (χ1n) is 7.93. The van der Waals surface area contributed by atoms with Crippen molar-refractivity contribution in [2.45, 2.75) is 26.2 Å². The molecule has 0 spiro atoms. The molecule has 0 aliphatic heterocycles. The van der Waals surface area contributed by atoms with Crippen molar-refractivity contribution in [2.75, 3.05) is 6.61 Å². The van der Waals surface area contributed by atoms with Gasteiger partial charge >= 0.3 is 6.16 Å². The molecule has 2 aromatic rings. The van der Waals surface area contributed by atoms with Gasteiger partial charge in [0, 0.05) is 11.1 Å². The average Bonchev–Trinajstić information content (AvgIpc) is 2.59. The van der Waals surface area contributed by atoms with Gasteiger partial charge in [-0.1, -0.05) is 31.6 Å². The molecule has 0 saturated heterocycles. The molecule has 0 aliphatic rings. The number of aromatic hydroxyl groups is 1. The first kappa shape index (κ1) is 17.4. The third-order valence-corrected chi connectivity index (χ3v) is 3.24. The lowest BCUT2D eigenvalue weighted by molar-refractivity contribution is 0.0974. The zero-order chi connectivity index (χ0) is 17.2. The van der Waals surface area contributed by atoms with Crippen LogP contribution in [0, 0.1) is 11.8 Å². The Labute approximate surface area is 142 Å². The summed E-state index contributed by atoms with van der Waals surface area (Å²) in [4.78, 5) is 11.5. The third kappa shape index (κ3) is 6.05. The van der Waals surface area contributed by atoms with E-state index in [9.17, 15) is 9.90 Å². The topological polar surface area (TPSA) is 55.8 Å². The highest BCUT2D eigenvalue weighted by Gasteiger charge is 2.05. The van der Waals surface area contributed by atoms with Crippen LogP contribution in [-0.4, -0.2) is 17.9 Å². The minimum atomic E-state index is -0.686. The van der Waals surface area contributed by atoms with E-state index in [0.29, 0.717) is 12.4 Å². The molecular formula is C20H20O4. The number of ether oxygens (including phenoxy) is 2. The zero-order valence-corrected chi connectivity index (χ0v) is 13.6. The summed E-state index contributed by atoms with van der Waals surface area (Å²) < 4.78 is 10.1. The maximum absolute atomic E-state index is 11.5. The van der Waals surface area contributed by atoms with Crippen LogP contribution in [0.5, 0.6) is 11.5 Å². The molecule has 2 aromatic carbocycles. The summed E-state index contributed by atoms with van der Waals surface area (Å²) in [5.41, 5.74) is 1.61. The molecule has 0 bridgehead atoms. The maximum Gasteiger partial charge on any atom is 0.513 e. The van der Waals surface area contributed by atoms with Gasteiger partial charge in [0.15, 0.2) is 0 Å². The predicted octanol–water partition coefficient (Wildman–Crippen LogP) is 4.50. The summed E-state index contributed by atoms with van der Waals surface area (Å²) in [6, 6.07) is 13.6. The van der Waals surface area contributed by atoms with E-state index in [1.807, 2.05) is 0 Å². The number of phenolic OH excluding ortho intramolecular Hbond substituents is 1. The standard InChI is InChI=1S/C20H20O4/c1-2-3-4-15-23-20(22)24-19-13-9-17(10-14-19)6-5-16-7-11-18(21)12-8-16/h7-14,21H,2-4,15H2,1H3. The van der Waals surface area contributed by atoms with Crippen LogP contribution in [0.3, 0.4) is 0 Å².